The third-order valence-electron chi connectivity index (χ3n) is 6.84. The Bertz CT molecular complexity index is 1190. The van der Waals surface area contributed by atoms with Gasteiger partial charge >= 0.3 is 0 Å². The zero-order valence-corrected chi connectivity index (χ0v) is 21.1. The van der Waals surface area contributed by atoms with E-state index in [2.05, 4.69) is 19.2 Å². The van der Waals surface area contributed by atoms with Crippen molar-refractivity contribution in [3.8, 4) is 0 Å². The normalized spacial score (nSPS) is 20.9. The number of carbonyl (C=O) groups is 2. The number of carbonyl (C=O) groups excluding carboxylic acids is 2. The second kappa shape index (κ2) is 9.50. The molecule has 0 bridgehead atoms. The fraction of sp³-hybridized carbons (Fsp3) is 0.462. The molecule has 34 heavy (non-hydrogen) atoms. The van der Waals surface area contributed by atoms with Crippen molar-refractivity contribution in [1.29, 1.82) is 0 Å². The fourth-order valence-electron chi connectivity index (χ4n) is 4.97. The number of piperidine rings is 1. The van der Waals surface area contributed by atoms with Gasteiger partial charge in [0.25, 0.3) is 0 Å². The Hall–Kier alpha value is -2.71. The first-order chi connectivity index (χ1) is 16.1. The molecule has 0 spiro atoms. The Morgan fingerprint density at radius 1 is 1.09 bits per heavy atom. The maximum atomic E-state index is 13.4. The van der Waals surface area contributed by atoms with E-state index in [4.69, 9.17) is 0 Å². The van der Waals surface area contributed by atoms with Crippen LogP contribution in [0, 0.1) is 5.92 Å². The zero-order chi connectivity index (χ0) is 24.6. The van der Waals surface area contributed by atoms with Crippen molar-refractivity contribution in [1.82, 2.24) is 4.31 Å². The number of hydrogen-bond donors (Lipinski definition) is 1. The second-order valence-corrected chi connectivity index (χ2v) is 11.6. The van der Waals surface area contributed by atoms with E-state index >= 15 is 0 Å². The molecule has 2 heterocycles. The van der Waals surface area contributed by atoms with Crippen molar-refractivity contribution in [3.05, 3.63) is 53.6 Å². The minimum Gasteiger partial charge on any atom is -0.326 e. The maximum Gasteiger partial charge on any atom is 0.243 e. The molecule has 1 fully saturated rings. The highest BCUT2D eigenvalue weighted by molar-refractivity contribution is 7.89. The number of nitrogens with zero attached hydrogens (tertiary/aromatic N) is 2. The van der Waals surface area contributed by atoms with Gasteiger partial charge in [0.1, 0.15) is 0 Å². The highest BCUT2D eigenvalue weighted by atomic mass is 32.2. The molecule has 0 aliphatic carbocycles. The summed E-state index contributed by atoms with van der Waals surface area (Å²) < 4.78 is 28.3. The molecular formula is C26H33N3O4S. The van der Waals surface area contributed by atoms with Gasteiger partial charge in [-0.3, -0.25) is 9.59 Å². The van der Waals surface area contributed by atoms with E-state index in [1.54, 1.807) is 23.1 Å². The summed E-state index contributed by atoms with van der Waals surface area (Å²) in [5.41, 5.74) is 3.55. The van der Waals surface area contributed by atoms with Gasteiger partial charge in [-0.1, -0.05) is 26.0 Å². The number of amides is 2. The molecule has 8 heteroatoms. The molecule has 1 N–H and O–H groups in total. The lowest BCUT2D eigenvalue weighted by molar-refractivity contribution is -0.121. The molecule has 2 aromatic rings. The molecule has 4 rings (SSSR count). The summed E-state index contributed by atoms with van der Waals surface area (Å²) in [5.74, 6) is -0.201. The quantitative estimate of drug-likeness (QED) is 0.692. The van der Waals surface area contributed by atoms with Crippen LogP contribution in [-0.4, -0.2) is 43.7 Å². The van der Waals surface area contributed by atoms with Gasteiger partial charge in [0.2, 0.25) is 21.8 Å². The molecule has 2 atom stereocenters. The first kappa shape index (κ1) is 24.4. The Balaban J connectivity index is 1.48. The largest absolute Gasteiger partial charge is 0.326 e. The second-order valence-electron chi connectivity index (χ2n) is 9.70. The predicted molar refractivity (Wildman–Crippen MR) is 133 cm³/mol. The van der Waals surface area contributed by atoms with E-state index in [0.717, 1.165) is 16.9 Å². The highest BCUT2D eigenvalue weighted by Crippen LogP contribution is 2.35. The molecule has 2 aliphatic heterocycles. The number of anilines is 2. The predicted octanol–water partition coefficient (Wildman–Crippen LogP) is 4.15. The van der Waals surface area contributed by atoms with Gasteiger partial charge in [0.15, 0.2) is 0 Å². The Morgan fingerprint density at radius 3 is 2.44 bits per heavy atom. The molecule has 2 amide bonds. The van der Waals surface area contributed by atoms with Crippen LogP contribution in [0.1, 0.15) is 57.6 Å². The first-order valence-corrected chi connectivity index (χ1v) is 13.4. The molecule has 7 nitrogen and oxygen atoms in total. The van der Waals surface area contributed by atoms with Crippen LogP contribution >= 0.6 is 0 Å². The van der Waals surface area contributed by atoms with Gasteiger partial charge in [-0.15, -0.1) is 0 Å². The van der Waals surface area contributed by atoms with E-state index in [-0.39, 0.29) is 29.3 Å². The molecule has 182 valence electrons. The Labute approximate surface area is 202 Å². The van der Waals surface area contributed by atoms with E-state index in [0.29, 0.717) is 31.7 Å². The van der Waals surface area contributed by atoms with Gasteiger partial charge < -0.3 is 10.2 Å². The van der Waals surface area contributed by atoms with Crippen molar-refractivity contribution in [2.45, 2.75) is 63.8 Å². The van der Waals surface area contributed by atoms with Crippen LogP contribution in [0.25, 0.3) is 0 Å². The standard InChI is InChI=1S/C26H33N3O4S/c1-17(2)20-7-9-23(10-8-20)27-26(31)21-6-5-13-28(16-21)34(32,33)24-11-12-25-22(15-24)14-18(3)29(25)19(4)30/h7-12,15,17-18,21H,5-6,13-14,16H2,1-4H3,(H,27,31)/t18-,21+/m0/s1. The van der Waals surface area contributed by atoms with Gasteiger partial charge in [-0.25, -0.2) is 8.42 Å². The molecule has 0 aromatic heterocycles. The first-order valence-electron chi connectivity index (χ1n) is 11.9. The lowest BCUT2D eigenvalue weighted by Gasteiger charge is -2.31. The number of sulfonamides is 1. The number of fused-ring (bicyclic) bond motifs is 1. The topological polar surface area (TPSA) is 86.8 Å². The van der Waals surface area contributed by atoms with Crippen LogP contribution in [-0.2, 0) is 26.0 Å². The van der Waals surface area contributed by atoms with Crippen LogP contribution in [0.15, 0.2) is 47.4 Å². The van der Waals surface area contributed by atoms with Gasteiger partial charge in [-0.2, -0.15) is 4.31 Å². The fourth-order valence-corrected chi connectivity index (χ4v) is 6.54. The average Bonchev–Trinajstić information content (AvgIpc) is 3.14. The van der Waals surface area contributed by atoms with Crippen LogP contribution in [0.5, 0.6) is 0 Å². The van der Waals surface area contributed by atoms with Gasteiger partial charge in [0.05, 0.1) is 10.8 Å². The number of benzene rings is 2. The summed E-state index contributed by atoms with van der Waals surface area (Å²) in [4.78, 5) is 26.8. The summed E-state index contributed by atoms with van der Waals surface area (Å²) in [6.07, 6.45) is 1.90. The molecule has 2 aromatic carbocycles. The Morgan fingerprint density at radius 2 is 1.79 bits per heavy atom. The molecule has 0 radical (unpaired) electrons. The Kier molecular flexibility index (Phi) is 6.82. The summed E-state index contributed by atoms with van der Waals surface area (Å²) in [6, 6.07) is 12.8. The van der Waals surface area contributed by atoms with Crippen molar-refractivity contribution < 1.29 is 18.0 Å². The lowest BCUT2D eigenvalue weighted by atomic mass is 9.98. The number of nitrogens with one attached hydrogen (secondary N) is 1. The summed E-state index contributed by atoms with van der Waals surface area (Å²) in [5, 5.41) is 2.95. The molecule has 1 saturated heterocycles. The van der Waals surface area contributed by atoms with Crippen LogP contribution in [0.3, 0.4) is 0 Å². The van der Waals surface area contributed by atoms with E-state index in [1.807, 2.05) is 31.2 Å². The minimum atomic E-state index is -3.74. The van der Waals surface area contributed by atoms with Gasteiger partial charge in [-0.05, 0) is 73.6 Å². The number of hydrogen-bond acceptors (Lipinski definition) is 4. The van der Waals surface area contributed by atoms with Crippen LogP contribution in [0.2, 0.25) is 0 Å². The third-order valence-corrected chi connectivity index (χ3v) is 8.70. The third kappa shape index (κ3) is 4.74. The van der Waals surface area contributed by atoms with Crippen molar-refractivity contribution >= 4 is 33.2 Å². The van der Waals surface area contributed by atoms with Crippen molar-refractivity contribution in [2.75, 3.05) is 23.3 Å². The number of rotatable bonds is 5. The van der Waals surface area contributed by atoms with E-state index < -0.39 is 15.9 Å². The monoisotopic (exact) mass is 483 g/mol. The van der Waals surface area contributed by atoms with Crippen LogP contribution < -0.4 is 10.2 Å². The molecule has 2 aliphatic rings. The molecular weight excluding hydrogens is 450 g/mol. The SMILES string of the molecule is CC(=O)N1c2ccc(S(=O)(=O)N3CCC[C@@H](C(=O)Nc4ccc(C(C)C)cc4)C3)cc2C[C@@H]1C. The van der Waals surface area contributed by atoms with E-state index in [9.17, 15) is 18.0 Å². The van der Waals surface area contributed by atoms with Gasteiger partial charge in [0, 0.05) is 37.4 Å². The summed E-state index contributed by atoms with van der Waals surface area (Å²) in [6.45, 7) is 8.26. The highest BCUT2D eigenvalue weighted by Gasteiger charge is 2.35. The lowest BCUT2D eigenvalue weighted by Crippen LogP contribution is -2.43. The molecule has 0 saturated carbocycles. The zero-order valence-electron chi connectivity index (χ0n) is 20.2. The van der Waals surface area contributed by atoms with E-state index in [1.165, 1.54) is 16.8 Å². The minimum absolute atomic E-state index is 0.00289. The smallest absolute Gasteiger partial charge is 0.243 e. The summed E-state index contributed by atoms with van der Waals surface area (Å²) in [7, 11) is -3.74. The molecule has 0 unspecified atom stereocenters. The van der Waals surface area contributed by atoms with Crippen molar-refractivity contribution in [3.63, 3.8) is 0 Å². The van der Waals surface area contributed by atoms with Crippen LogP contribution in [0.4, 0.5) is 11.4 Å². The van der Waals surface area contributed by atoms with Crippen molar-refractivity contribution in [2.24, 2.45) is 5.92 Å². The maximum absolute atomic E-state index is 13.4. The summed E-state index contributed by atoms with van der Waals surface area (Å²) >= 11 is 0. The average molecular weight is 484 g/mol.